The smallest absolute Gasteiger partial charge is 0.224 e. The van der Waals surface area contributed by atoms with Gasteiger partial charge in [0.15, 0.2) is 0 Å². The maximum atomic E-state index is 12.6. The molecule has 1 amide bonds. The number of ether oxygens (including phenoxy) is 2. The van der Waals surface area contributed by atoms with E-state index in [1.165, 1.54) is 0 Å². The Labute approximate surface area is 153 Å². The first-order chi connectivity index (χ1) is 12.6. The van der Waals surface area contributed by atoms with E-state index >= 15 is 0 Å². The average molecular weight is 356 g/mol. The average Bonchev–Trinajstić information content (AvgIpc) is 2.64. The maximum absolute atomic E-state index is 12.6. The number of aliphatic hydroxyl groups is 1. The van der Waals surface area contributed by atoms with Gasteiger partial charge in [-0.15, -0.1) is 0 Å². The van der Waals surface area contributed by atoms with Crippen LogP contribution in [0.5, 0.6) is 11.6 Å². The van der Waals surface area contributed by atoms with Crippen molar-refractivity contribution in [2.45, 2.75) is 31.4 Å². The summed E-state index contributed by atoms with van der Waals surface area (Å²) in [7, 11) is 3.17. The Morgan fingerprint density at radius 1 is 1.27 bits per heavy atom. The standard InChI is InChI=1S/C20H24N2O4/c1-25-17-5-3-4-13(8-17)9-18(24)22-20(15-10-16(23)11-15)14-6-7-19(26-2)21-12-14/h3-8,12,15-16,20,23H,9-11H2,1-2H3,(H,22,24)/t15?,16?,20-/m1/s1. The third-order valence-corrected chi connectivity index (χ3v) is 4.76. The molecule has 138 valence electrons. The largest absolute Gasteiger partial charge is 0.497 e. The van der Waals surface area contributed by atoms with Gasteiger partial charge in [0.05, 0.1) is 32.8 Å². The zero-order valence-corrected chi connectivity index (χ0v) is 15.0. The molecule has 0 unspecified atom stereocenters. The molecule has 6 heteroatoms. The molecule has 1 aliphatic rings. The van der Waals surface area contributed by atoms with E-state index in [2.05, 4.69) is 10.3 Å². The maximum Gasteiger partial charge on any atom is 0.224 e. The van der Waals surface area contributed by atoms with Crippen LogP contribution in [0.2, 0.25) is 0 Å². The van der Waals surface area contributed by atoms with Gasteiger partial charge in [-0.25, -0.2) is 4.98 Å². The van der Waals surface area contributed by atoms with E-state index in [9.17, 15) is 9.90 Å². The molecule has 0 spiro atoms. The minimum atomic E-state index is -0.288. The number of rotatable bonds is 7. The Morgan fingerprint density at radius 3 is 2.69 bits per heavy atom. The predicted molar refractivity (Wildman–Crippen MR) is 97.1 cm³/mol. The number of hydrogen-bond donors (Lipinski definition) is 2. The first kappa shape index (κ1) is 18.2. The Bertz CT molecular complexity index is 742. The van der Waals surface area contributed by atoms with Crippen molar-refractivity contribution in [3.05, 3.63) is 53.7 Å². The SMILES string of the molecule is COc1cccc(CC(=O)N[C@H](c2ccc(OC)nc2)C2CC(O)C2)c1. The molecule has 1 atom stereocenters. The Morgan fingerprint density at radius 2 is 2.08 bits per heavy atom. The third kappa shape index (κ3) is 4.32. The number of carbonyl (C=O) groups is 1. The number of hydrogen-bond acceptors (Lipinski definition) is 5. The molecule has 0 saturated heterocycles. The summed E-state index contributed by atoms with van der Waals surface area (Å²) >= 11 is 0. The molecule has 1 aromatic carbocycles. The summed E-state index contributed by atoms with van der Waals surface area (Å²) in [4.78, 5) is 16.8. The van der Waals surface area contributed by atoms with Crippen molar-refractivity contribution < 1.29 is 19.4 Å². The molecule has 0 radical (unpaired) electrons. The van der Waals surface area contributed by atoms with Gasteiger partial charge < -0.3 is 19.9 Å². The molecule has 2 N–H and O–H groups in total. The number of amides is 1. The van der Waals surface area contributed by atoms with Crippen LogP contribution in [0.25, 0.3) is 0 Å². The summed E-state index contributed by atoms with van der Waals surface area (Å²) in [5, 5.41) is 12.8. The Balaban J connectivity index is 1.71. The normalized spacial score (nSPS) is 20.0. The molecule has 1 aliphatic carbocycles. The number of benzene rings is 1. The summed E-state index contributed by atoms with van der Waals surface area (Å²) in [6, 6.07) is 11.0. The predicted octanol–water partition coefficient (Wildman–Crippen LogP) is 2.27. The van der Waals surface area contributed by atoms with Crippen LogP contribution < -0.4 is 14.8 Å². The zero-order chi connectivity index (χ0) is 18.5. The van der Waals surface area contributed by atoms with E-state index in [1.807, 2.05) is 30.3 Å². The summed E-state index contributed by atoms with van der Waals surface area (Å²) in [6.45, 7) is 0. The lowest BCUT2D eigenvalue weighted by atomic mass is 9.75. The van der Waals surface area contributed by atoms with Crippen LogP contribution in [0.4, 0.5) is 0 Å². The van der Waals surface area contributed by atoms with Gasteiger partial charge in [0.1, 0.15) is 5.75 Å². The Hall–Kier alpha value is -2.60. The van der Waals surface area contributed by atoms with Crippen molar-refractivity contribution in [1.82, 2.24) is 10.3 Å². The number of carbonyl (C=O) groups excluding carboxylic acids is 1. The highest BCUT2D eigenvalue weighted by molar-refractivity contribution is 5.79. The molecule has 1 fully saturated rings. The van der Waals surface area contributed by atoms with Gasteiger partial charge in [-0.05, 0) is 42.0 Å². The molecule has 2 aromatic rings. The van der Waals surface area contributed by atoms with Crippen LogP contribution in [0.15, 0.2) is 42.6 Å². The quantitative estimate of drug-likeness (QED) is 0.795. The van der Waals surface area contributed by atoms with Crippen molar-refractivity contribution in [3.8, 4) is 11.6 Å². The van der Waals surface area contributed by atoms with Crippen molar-refractivity contribution in [3.63, 3.8) is 0 Å². The van der Waals surface area contributed by atoms with Gasteiger partial charge in [0.2, 0.25) is 11.8 Å². The van der Waals surface area contributed by atoms with Crippen LogP contribution in [-0.4, -0.2) is 36.3 Å². The molecule has 0 aliphatic heterocycles. The van der Waals surface area contributed by atoms with Gasteiger partial charge in [-0.3, -0.25) is 4.79 Å². The molecule has 1 aromatic heterocycles. The number of nitrogens with one attached hydrogen (secondary N) is 1. The van der Waals surface area contributed by atoms with Gasteiger partial charge in [0, 0.05) is 12.3 Å². The summed E-state index contributed by atoms with van der Waals surface area (Å²) in [5.74, 6) is 1.40. The highest BCUT2D eigenvalue weighted by atomic mass is 16.5. The fourth-order valence-electron chi connectivity index (χ4n) is 3.26. The lowest BCUT2D eigenvalue weighted by molar-refractivity contribution is -0.122. The summed E-state index contributed by atoms with van der Waals surface area (Å²) in [6.07, 6.45) is 3.06. The van der Waals surface area contributed by atoms with E-state index in [-0.39, 0.29) is 30.4 Å². The molecule has 3 rings (SSSR count). The van der Waals surface area contributed by atoms with Gasteiger partial charge in [-0.2, -0.15) is 0 Å². The van der Waals surface area contributed by atoms with E-state index in [0.29, 0.717) is 18.7 Å². The number of aliphatic hydroxyl groups excluding tert-OH is 1. The molecule has 1 heterocycles. The van der Waals surface area contributed by atoms with Gasteiger partial charge >= 0.3 is 0 Å². The summed E-state index contributed by atoms with van der Waals surface area (Å²) < 4.78 is 10.3. The van der Waals surface area contributed by atoms with E-state index in [4.69, 9.17) is 9.47 Å². The molecule has 0 bridgehead atoms. The number of pyridine rings is 1. The van der Waals surface area contributed by atoms with Crippen LogP contribution in [-0.2, 0) is 11.2 Å². The van der Waals surface area contributed by atoms with Crippen molar-refractivity contribution in [2.75, 3.05) is 14.2 Å². The first-order valence-corrected chi connectivity index (χ1v) is 8.69. The van der Waals surface area contributed by atoms with E-state index in [1.54, 1.807) is 26.5 Å². The van der Waals surface area contributed by atoms with Crippen molar-refractivity contribution in [1.29, 1.82) is 0 Å². The molecule has 6 nitrogen and oxygen atoms in total. The van der Waals surface area contributed by atoms with Crippen molar-refractivity contribution >= 4 is 5.91 Å². The van der Waals surface area contributed by atoms with Crippen LogP contribution in [0.1, 0.15) is 30.0 Å². The molecular weight excluding hydrogens is 332 g/mol. The lowest BCUT2D eigenvalue weighted by Gasteiger charge is -2.38. The number of nitrogens with zero attached hydrogens (tertiary/aromatic N) is 1. The number of aromatic nitrogens is 1. The first-order valence-electron chi connectivity index (χ1n) is 8.69. The number of methoxy groups -OCH3 is 2. The minimum Gasteiger partial charge on any atom is -0.497 e. The second-order valence-corrected chi connectivity index (χ2v) is 6.59. The Kier molecular flexibility index (Phi) is 5.73. The van der Waals surface area contributed by atoms with Gasteiger partial charge in [0.25, 0.3) is 0 Å². The van der Waals surface area contributed by atoms with E-state index < -0.39 is 0 Å². The monoisotopic (exact) mass is 356 g/mol. The van der Waals surface area contributed by atoms with Crippen molar-refractivity contribution in [2.24, 2.45) is 5.92 Å². The van der Waals surface area contributed by atoms with E-state index in [0.717, 1.165) is 16.9 Å². The molecule has 26 heavy (non-hydrogen) atoms. The van der Waals surface area contributed by atoms with Crippen LogP contribution in [0.3, 0.4) is 0 Å². The highest BCUT2D eigenvalue weighted by Crippen LogP contribution is 2.38. The van der Waals surface area contributed by atoms with Crippen LogP contribution >= 0.6 is 0 Å². The molecular formula is C20H24N2O4. The van der Waals surface area contributed by atoms with Gasteiger partial charge in [-0.1, -0.05) is 18.2 Å². The minimum absolute atomic E-state index is 0.0690. The second-order valence-electron chi connectivity index (χ2n) is 6.59. The lowest BCUT2D eigenvalue weighted by Crippen LogP contribution is -2.41. The fourth-order valence-corrected chi connectivity index (χ4v) is 3.26. The van der Waals surface area contributed by atoms with Crippen LogP contribution in [0, 0.1) is 5.92 Å². The molecule has 1 saturated carbocycles. The second kappa shape index (κ2) is 8.19. The zero-order valence-electron chi connectivity index (χ0n) is 15.0. The highest BCUT2D eigenvalue weighted by Gasteiger charge is 2.35. The fraction of sp³-hybridized carbons (Fsp3) is 0.400. The summed E-state index contributed by atoms with van der Waals surface area (Å²) in [5.41, 5.74) is 1.81. The third-order valence-electron chi connectivity index (χ3n) is 4.76. The topological polar surface area (TPSA) is 80.7 Å².